The van der Waals surface area contributed by atoms with Crippen molar-refractivity contribution in [3.05, 3.63) is 38.8 Å². The molecule has 0 atom stereocenters. The Balaban J connectivity index is 1.77. The van der Waals surface area contributed by atoms with Gasteiger partial charge in [0, 0.05) is 17.5 Å². The molecule has 1 aliphatic heterocycles. The Morgan fingerprint density at radius 2 is 1.96 bits per heavy atom. The molecule has 0 saturated carbocycles. The van der Waals surface area contributed by atoms with Gasteiger partial charge in [0.1, 0.15) is 5.75 Å². The van der Waals surface area contributed by atoms with Crippen LogP contribution in [0.5, 0.6) is 5.75 Å². The van der Waals surface area contributed by atoms with E-state index in [9.17, 15) is 4.79 Å². The average Bonchev–Trinajstić information content (AvgIpc) is 2.96. The number of nitrogens with zero attached hydrogens (tertiary/aromatic N) is 2. The number of hydrogen-bond donors (Lipinski definition) is 1. The van der Waals surface area contributed by atoms with Gasteiger partial charge in [0.15, 0.2) is 0 Å². The fraction of sp³-hybridized carbons (Fsp3) is 0.500. The lowest BCUT2D eigenvalue weighted by Gasteiger charge is -2.35. The Bertz CT molecular complexity index is 715. The molecule has 6 heteroatoms. The summed E-state index contributed by atoms with van der Waals surface area (Å²) < 4.78 is 5.21. The van der Waals surface area contributed by atoms with Gasteiger partial charge >= 0.3 is 4.87 Å². The summed E-state index contributed by atoms with van der Waals surface area (Å²) in [6.07, 6.45) is 2.37. The number of aromatic amines is 1. The molecule has 3 rings (SSSR count). The highest BCUT2D eigenvalue weighted by molar-refractivity contribution is 7.09. The molecule has 0 unspecified atom stereocenters. The Labute approximate surface area is 146 Å². The zero-order valence-corrected chi connectivity index (χ0v) is 15.4. The Hall–Kier alpha value is -1.63. The van der Waals surface area contributed by atoms with Gasteiger partial charge in [-0.15, -0.1) is 0 Å². The van der Waals surface area contributed by atoms with Crippen molar-refractivity contribution in [2.75, 3.05) is 34.3 Å². The Morgan fingerprint density at radius 3 is 2.58 bits per heavy atom. The highest BCUT2D eigenvalue weighted by atomic mass is 32.1. The third-order valence-corrected chi connectivity index (χ3v) is 5.67. The number of nitrogens with one attached hydrogen (secondary N) is 1. The summed E-state index contributed by atoms with van der Waals surface area (Å²) in [4.78, 5) is 20.8. The van der Waals surface area contributed by atoms with Crippen LogP contribution >= 0.6 is 11.3 Å². The summed E-state index contributed by atoms with van der Waals surface area (Å²) in [6.45, 7) is 3.09. The van der Waals surface area contributed by atoms with E-state index in [1.165, 1.54) is 24.2 Å². The number of benzene rings is 1. The van der Waals surface area contributed by atoms with Crippen LogP contribution in [0.25, 0.3) is 11.3 Å². The maximum atomic E-state index is 11.9. The van der Waals surface area contributed by atoms with Crippen LogP contribution in [0, 0.1) is 0 Å². The molecular formula is C18H25N3O2S. The van der Waals surface area contributed by atoms with Gasteiger partial charge in [-0.25, -0.2) is 0 Å². The van der Waals surface area contributed by atoms with E-state index in [0.717, 1.165) is 41.5 Å². The van der Waals surface area contributed by atoms with Crippen molar-refractivity contribution in [1.82, 2.24) is 14.8 Å². The third-order valence-electron chi connectivity index (χ3n) is 4.80. The van der Waals surface area contributed by atoms with Crippen LogP contribution < -0.4 is 9.61 Å². The van der Waals surface area contributed by atoms with Gasteiger partial charge in [0.05, 0.1) is 12.8 Å². The minimum Gasteiger partial charge on any atom is -0.497 e. The van der Waals surface area contributed by atoms with Crippen molar-refractivity contribution in [1.29, 1.82) is 0 Å². The van der Waals surface area contributed by atoms with Crippen molar-refractivity contribution in [2.45, 2.75) is 25.4 Å². The van der Waals surface area contributed by atoms with Crippen LogP contribution in [0.4, 0.5) is 0 Å². The Morgan fingerprint density at radius 1 is 1.29 bits per heavy atom. The molecule has 0 amide bonds. The van der Waals surface area contributed by atoms with E-state index in [-0.39, 0.29) is 4.87 Å². The predicted molar refractivity (Wildman–Crippen MR) is 98.9 cm³/mol. The molecule has 0 aliphatic carbocycles. The first-order chi connectivity index (χ1) is 11.6. The maximum absolute atomic E-state index is 11.9. The number of rotatable bonds is 5. The first-order valence-electron chi connectivity index (χ1n) is 8.32. The number of methoxy groups -OCH3 is 1. The van der Waals surface area contributed by atoms with Crippen LogP contribution in [0.2, 0.25) is 0 Å². The number of hydrogen-bond acceptors (Lipinski definition) is 5. The number of H-pyrrole nitrogens is 1. The van der Waals surface area contributed by atoms with Crippen LogP contribution in [0.1, 0.15) is 17.7 Å². The van der Waals surface area contributed by atoms with Gasteiger partial charge in [-0.3, -0.25) is 9.69 Å². The number of thiazole rings is 1. The molecule has 0 radical (unpaired) electrons. The fourth-order valence-electron chi connectivity index (χ4n) is 3.25. The fourth-order valence-corrected chi connectivity index (χ4v) is 4.17. The second-order valence-corrected chi connectivity index (χ2v) is 7.56. The highest BCUT2D eigenvalue weighted by Crippen LogP contribution is 2.27. The summed E-state index contributed by atoms with van der Waals surface area (Å²) in [7, 11) is 6.00. The monoisotopic (exact) mass is 347 g/mol. The largest absolute Gasteiger partial charge is 0.497 e. The van der Waals surface area contributed by atoms with Crippen molar-refractivity contribution in [2.24, 2.45) is 0 Å². The highest BCUT2D eigenvalue weighted by Gasteiger charge is 2.22. The molecule has 0 bridgehead atoms. The van der Waals surface area contributed by atoms with E-state index in [1.807, 2.05) is 24.3 Å². The molecule has 2 heterocycles. The molecule has 130 valence electrons. The summed E-state index contributed by atoms with van der Waals surface area (Å²) in [5.74, 6) is 0.821. The molecule has 1 aromatic heterocycles. The van der Waals surface area contributed by atoms with E-state index in [0.29, 0.717) is 6.04 Å². The van der Waals surface area contributed by atoms with Crippen LogP contribution in [-0.2, 0) is 6.54 Å². The topological polar surface area (TPSA) is 48.6 Å². The smallest absolute Gasteiger partial charge is 0.305 e. The molecule has 0 spiro atoms. The number of piperidine rings is 1. The molecule has 1 N–H and O–H groups in total. The summed E-state index contributed by atoms with van der Waals surface area (Å²) in [5, 5.41) is 0. The maximum Gasteiger partial charge on any atom is 0.305 e. The lowest BCUT2D eigenvalue weighted by atomic mass is 10.0. The summed E-state index contributed by atoms with van der Waals surface area (Å²) in [6, 6.07) is 8.43. The Kier molecular flexibility index (Phi) is 5.38. The molecular weight excluding hydrogens is 322 g/mol. The van der Waals surface area contributed by atoms with Gasteiger partial charge in [0.25, 0.3) is 0 Å². The standard InChI is InChI=1S/C18H25N3O2S/c1-20-10-8-14(9-11-20)21(2)12-16-17(19-18(22)24-16)13-4-6-15(23-3)7-5-13/h4-7,14H,8-12H2,1-3H3,(H,19,22). The summed E-state index contributed by atoms with van der Waals surface area (Å²) >= 11 is 1.32. The predicted octanol–water partition coefficient (Wildman–Crippen LogP) is 2.64. The zero-order valence-electron chi connectivity index (χ0n) is 14.5. The van der Waals surface area contributed by atoms with Crippen molar-refractivity contribution >= 4 is 11.3 Å². The van der Waals surface area contributed by atoms with E-state index in [4.69, 9.17) is 4.74 Å². The average molecular weight is 347 g/mol. The van der Waals surface area contributed by atoms with Crippen LogP contribution in [0.15, 0.2) is 29.1 Å². The van der Waals surface area contributed by atoms with Gasteiger partial charge in [-0.05, 0) is 69.9 Å². The summed E-state index contributed by atoms with van der Waals surface area (Å²) in [5.41, 5.74) is 1.97. The second-order valence-electron chi connectivity index (χ2n) is 6.49. The normalized spacial score (nSPS) is 16.7. The molecule has 1 aromatic carbocycles. The quantitative estimate of drug-likeness (QED) is 0.903. The van der Waals surface area contributed by atoms with Gasteiger partial charge in [-0.2, -0.15) is 0 Å². The first-order valence-corrected chi connectivity index (χ1v) is 9.13. The van der Waals surface area contributed by atoms with E-state index >= 15 is 0 Å². The number of ether oxygens (including phenoxy) is 1. The van der Waals surface area contributed by atoms with Crippen LogP contribution in [-0.4, -0.2) is 55.1 Å². The van der Waals surface area contributed by atoms with Crippen LogP contribution in [0.3, 0.4) is 0 Å². The van der Waals surface area contributed by atoms with Gasteiger partial charge in [0.2, 0.25) is 0 Å². The van der Waals surface area contributed by atoms with Crippen molar-refractivity contribution in [3.63, 3.8) is 0 Å². The third kappa shape index (κ3) is 3.88. The van der Waals surface area contributed by atoms with E-state index in [2.05, 4.69) is 28.9 Å². The number of likely N-dealkylation sites (tertiary alicyclic amines) is 1. The lowest BCUT2D eigenvalue weighted by molar-refractivity contribution is 0.140. The lowest BCUT2D eigenvalue weighted by Crippen LogP contribution is -2.41. The minimum absolute atomic E-state index is 0.00703. The van der Waals surface area contributed by atoms with Gasteiger partial charge in [-0.1, -0.05) is 11.3 Å². The van der Waals surface area contributed by atoms with E-state index in [1.54, 1.807) is 7.11 Å². The minimum atomic E-state index is 0.00703. The van der Waals surface area contributed by atoms with Crippen molar-refractivity contribution in [3.8, 4) is 17.0 Å². The zero-order chi connectivity index (χ0) is 17.1. The second kappa shape index (κ2) is 7.51. The SMILES string of the molecule is COc1ccc(-c2[nH]c(=O)sc2CN(C)C2CCN(C)CC2)cc1. The molecule has 24 heavy (non-hydrogen) atoms. The van der Waals surface area contributed by atoms with E-state index < -0.39 is 0 Å². The van der Waals surface area contributed by atoms with Crippen molar-refractivity contribution < 1.29 is 4.74 Å². The molecule has 1 aliphatic rings. The first kappa shape index (κ1) is 17.2. The molecule has 2 aromatic rings. The molecule has 5 nitrogen and oxygen atoms in total. The molecule has 1 fully saturated rings. The molecule has 1 saturated heterocycles. The van der Waals surface area contributed by atoms with Gasteiger partial charge < -0.3 is 14.6 Å². The number of aromatic nitrogens is 1.